The SMILES string of the molecule is CN(C)CCCOc1cnccc1Nc1cc(-c2cc(Cl)ccc2F)nc2ncccc12. The van der Waals surface area contributed by atoms with Crippen LogP contribution in [0.1, 0.15) is 6.42 Å². The Hall–Kier alpha value is -3.29. The number of hydrogen-bond acceptors (Lipinski definition) is 6. The van der Waals surface area contributed by atoms with E-state index < -0.39 is 5.82 Å². The molecule has 164 valence electrons. The first-order valence-corrected chi connectivity index (χ1v) is 10.6. The molecule has 0 aliphatic carbocycles. The second-order valence-electron chi connectivity index (χ2n) is 7.56. The van der Waals surface area contributed by atoms with E-state index in [0.717, 1.165) is 29.7 Å². The topological polar surface area (TPSA) is 63.2 Å². The molecular formula is C24H23ClFN5O. The molecular weight excluding hydrogens is 429 g/mol. The summed E-state index contributed by atoms with van der Waals surface area (Å²) < 4.78 is 20.5. The minimum Gasteiger partial charge on any atom is -0.490 e. The van der Waals surface area contributed by atoms with Crippen LogP contribution < -0.4 is 10.1 Å². The predicted octanol–water partition coefficient (Wildman–Crippen LogP) is 5.56. The minimum atomic E-state index is -0.406. The van der Waals surface area contributed by atoms with Crippen LogP contribution in [-0.4, -0.2) is 47.1 Å². The molecule has 0 radical (unpaired) electrons. The van der Waals surface area contributed by atoms with Crippen LogP contribution >= 0.6 is 11.6 Å². The van der Waals surface area contributed by atoms with Crippen LogP contribution in [0, 0.1) is 5.82 Å². The van der Waals surface area contributed by atoms with Crippen LogP contribution in [0.3, 0.4) is 0 Å². The van der Waals surface area contributed by atoms with E-state index in [4.69, 9.17) is 16.3 Å². The molecule has 0 saturated heterocycles. The van der Waals surface area contributed by atoms with Gasteiger partial charge in [0.05, 0.1) is 29.9 Å². The highest BCUT2D eigenvalue weighted by molar-refractivity contribution is 6.30. The standard InChI is InChI=1S/C24H23ClFN5O/c1-31(2)11-4-12-32-23-15-27-10-8-20(23)29-21-14-22(18-13-16(25)6-7-19(18)26)30-24-17(21)5-3-9-28-24/h3,5-10,13-15H,4,11-12H2,1-2H3,(H,27,28,29,30). The molecule has 32 heavy (non-hydrogen) atoms. The van der Waals surface area contributed by atoms with Gasteiger partial charge in [0.25, 0.3) is 0 Å². The monoisotopic (exact) mass is 451 g/mol. The van der Waals surface area contributed by atoms with Gasteiger partial charge in [0, 0.05) is 34.9 Å². The summed E-state index contributed by atoms with van der Waals surface area (Å²) in [6.07, 6.45) is 5.91. The smallest absolute Gasteiger partial charge is 0.161 e. The summed E-state index contributed by atoms with van der Waals surface area (Å²) in [4.78, 5) is 15.2. The van der Waals surface area contributed by atoms with Gasteiger partial charge in [0.1, 0.15) is 5.82 Å². The number of pyridine rings is 3. The zero-order valence-corrected chi connectivity index (χ0v) is 18.6. The van der Waals surface area contributed by atoms with E-state index in [9.17, 15) is 4.39 Å². The van der Waals surface area contributed by atoms with Gasteiger partial charge < -0.3 is 15.0 Å². The fraction of sp³-hybridized carbons (Fsp3) is 0.208. The maximum Gasteiger partial charge on any atom is 0.161 e. The third-order valence-corrected chi connectivity index (χ3v) is 5.08. The van der Waals surface area contributed by atoms with E-state index in [1.807, 2.05) is 32.3 Å². The molecule has 6 nitrogen and oxygen atoms in total. The van der Waals surface area contributed by atoms with Crippen LogP contribution in [0.5, 0.6) is 5.75 Å². The second kappa shape index (κ2) is 9.89. The number of rotatable bonds is 8. The molecule has 1 N–H and O–H groups in total. The van der Waals surface area contributed by atoms with Crippen LogP contribution in [0.4, 0.5) is 15.8 Å². The lowest BCUT2D eigenvalue weighted by molar-refractivity contribution is 0.282. The summed E-state index contributed by atoms with van der Waals surface area (Å²) >= 11 is 6.10. The number of aromatic nitrogens is 3. The Bertz CT molecular complexity index is 1230. The summed E-state index contributed by atoms with van der Waals surface area (Å²) in [5.41, 5.74) is 2.71. The number of hydrogen-bond donors (Lipinski definition) is 1. The van der Waals surface area contributed by atoms with Crippen LogP contribution in [-0.2, 0) is 0 Å². The van der Waals surface area contributed by atoms with Gasteiger partial charge in [-0.1, -0.05) is 11.6 Å². The average Bonchev–Trinajstić information content (AvgIpc) is 2.79. The van der Waals surface area contributed by atoms with E-state index in [1.54, 1.807) is 30.7 Å². The average molecular weight is 452 g/mol. The Morgan fingerprint density at radius 2 is 1.97 bits per heavy atom. The summed E-state index contributed by atoms with van der Waals surface area (Å²) in [5.74, 6) is 0.229. The molecule has 4 rings (SSSR count). The fourth-order valence-electron chi connectivity index (χ4n) is 3.30. The normalized spacial score (nSPS) is 11.2. The van der Waals surface area contributed by atoms with Crippen molar-refractivity contribution in [2.45, 2.75) is 6.42 Å². The summed E-state index contributed by atoms with van der Waals surface area (Å²) in [5, 5.41) is 4.63. The Kier molecular flexibility index (Phi) is 6.78. The quantitative estimate of drug-likeness (QED) is 0.354. The number of halogens is 2. The van der Waals surface area contributed by atoms with E-state index in [-0.39, 0.29) is 0 Å². The maximum absolute atomic E-state index is 14.5. The van der Waals surface area contributed by atoms with E-state index in [2.05, 4.69) is 25.2 Å². The van der Waals surface area contributed by atoms with Crippen molar-refractivity contribution in [1.29, 1.82) is 0 Å². The molecule has 3 heterocycles. The van der Waals surface area contributed by atoms with Crippen LogP contribution in [0.15, 0.2) is 61.1 Å². The summed E-state index contributed by atoms with van der Waals surface area (Å²) in [6.45, 7) is 1.49. The molecule has 0 unspecified atom stereocenters. The Balaban J connectivity index is 1.70. The van der Waals surface area contributed by atoms with Crippen molar-refractivity contribution in [1.82, 2.24) is 19.9 Å². The van der Waals surface area contributed by atoms with Gasteiger partial charge >= 0.3 is 0 Å². The molecule has 3 aromatic heterocycles. The molecule has 0 aliphatic rings. The molecule has 0 amide bonds. The summed E-state index contributed by atoms with van der Waals surface area (Å²) in [6, 6.07) is 11.8. The lowest BCUT2D eigenvalue weighted by Crippen LogP contribution is -2.15. The largest absolute Gasteiger partial charge is 0.490 e. The Morgan fingerprint density at radius 1 is 1.09 bits per heavy atom. The minimum absolute atomic E-state index is 0.308. The maximum atomic E-state index is 14.5. The third kappa shape index (κ3) is 5.12. The van der Waals surface area contributed by atoms with Crippen molar-refractivity contribution >= 4 is 34.0 Å². The van der Waals surface area contributed by atoms with Gasteiger partial charge in [-0.2, -0.15) is 0 Å². The van der Waals surface area contributed by atoms with Crippen molar-refractivity contribution in [3.05, 3.63) is 71.9 Å². The molecule has 1 aromatic carbocycles. The van der Waals surface area contributed by atoms with Crippen molar-refractivity contribution in [3.63, 3.8) is 0 Å². The molecule has 0 spiro atoms. The number of benzene rings is 1. The first-order chi connectivity index (χ1) is 15.5. The molecule has 4 aromatic rings. The van der Waals surface area contributed by atoms with E-state index in [1.165, 1.54) is 12.1 Å². The third-order valence-electron chi connectivity index (χ3n) is 4.85. The van der Waals surface area contributed by atoms with Gasteiger partial charge in [0.2, 0.25) is 0 Å². The molecule has 0 saturated carbocycles. The number of ether oxygens (including phenoxy) is 1. The predicted molar refractivity (Wildman–Crippen MR) is 126 cm³/mol. The Labute approximate surface area is 191 Å². The molecule has 8 heteroatoms. The van der Waals surface area contributed by atoms with Crippen LogP contribution in [0.2, 0.25) is 5.02 Å². The highest BCUT2D eigenvalue weighted by Crippen LogP contribution is 2.34. The molecule has 0 atom stereocenters. The molecule has 0 aliphatic heterocycles. The van der Waals surface area contributed by atoms with Crippen molar-refractivity contribution in [2.24, 2.45) is 0 Å². The molecule has 0 fully saturated rings. The zero-order chi connectivity index (χ0) is 22.5. The summed E-state index contributed by atoms with van der Waals surface area (Å²) in [7, 11) is 4.06. The second-order valence-corrected chi connectivity index (χ2v) is 7.99. The first-order valence-electron chi connectivity index (χ1n) is 10.2. The van der Waals surface area contributed by atoms with Gasteiger partial charge in [0.15, 0.2) is 11.4 Å². The first kappa shape index (κ1) is 21.9. The highest BCUT2D eigenvalue weighted by Gasteiger charge is 2.14. The highest BCUT2D eigenvalue weighted by atomic mass is 35.5. The lowest BCUT2D eigenvalue weighted by Gasteiger charge is -2.16. The number of fused-ring (bicyclic) bond motifs is 1. The van der Waals surface area contributed by atoms with E-state index in [0.29, 0.717) is 34.3 Å². The van der Waals surface area contributed by atoms with E-state index >= 15 is 0 Å². The fourth-order valence-corrected chi connectivity index (χ4v) is 3.47. The number of nitrogens with one attached hydrogen (secondary N) is 1. The van der Waals surface area contributed by atoms with Gasteiger partial charge in [-0.05, 0) is 63.0 Å². The van der Waals surface area contributed by atoms with Gasteiger partial charge in [-0.15, -0.1) is 0 Å². The van der Waals surface area contributed by atoms with Gasteiger partial charge in [-0.3, -0.25) is 4.98 Å². The zero-order valence-electron chi connectivity index (χ0n) is 17.8. The number of anilines is 2. The number of nitrogens with zero attached hydrogens (tertiary/aromatic N) is 4. The van der Waals surface area contributed by atoms with Gasteiger partial charge in [-0.25, -0.2) is 14.4 Å². The molecule has 0 bridgehead atoms. The van der Waals surface area contributed by atoms with Crippen molar-refractivity contribution in [3.8, 4) is 17.0 Å². The van der Waals surface area contributed by atoms with Crippen LogP contribution in [0.25, 0.3) is 22.3 Å². The lowest BCUT2D eigenvalue weighted by atomic mass is 10.1. The Morgan fingerprint density at radius 3 is 2.81 bits per heavy atom. The van der Waals surface area contributed by atoms with Crippen molar-refractivity contribution < 1.29 is 9.13 Å². The van der Waals surface area contributed by atoms with Crippen molar-refractivity contribution in [2.75, 3.05) is 32.6 Å².